The zero-order chi connectivity index (χ0) is 14.0. The monoisotopic (exact) mass is 322 g/mol. The van der Waals surface area contributed by atoms with E-state index in [1.807, 2.05) is 19.1 Å². The molecule has 2 aromatic carbocycles. The predicted octanol–water partition coefficient (Wildman–Crippen LogP) is 3.73. The highest BCUT2D eigenvalue weighted by molar-refractivity contribution is 9.10. The lowest BCUT2D eigenvalue weighted by Gasteiger charge is -2.09. The van der Waals surface area contributed by atoms with Crippen molar-refractivity contribution in [1.29, 1.82) is 0 Å². The number of carbonyl (C=O) groups excluding carboxylic acids is 1. The van der Waals surface area contributed by atoms with E-state index in [0.717, 1.165) is 5.56 Å². The summed E-state index contributed by atoms with van der Waals surface area (Å²) in [6.07, 6.45) is 0. The van der Waals surface area contributed by atoms with Crippen molar-refractivity contribution in [3.8, 4) is 0 Å². The maximum Gasteiger partial charge on any atom is 0.256 e. The fraction of sp³-hybridized carbons (Fsp3) is 0.0714. The predicted molar refractivity (Wildman–Crippen MR) is 77.6 cm³/mol. The highest BCUT2D eigenvalue weighted by Crippen LogP contribution is 2.23. The van der Waals surface area contributed by atoms with Gasteiger partial charge in [0.2, 0.25) is 0 Å². The Balaban J connectivity index is 2.28. The van der Waals surface area contributed by atoms with E-state index in [1.165, 1.54) is 18.2 Å². The van der Waals surface area contributed by atoms with E-state index in [0.29, 0.717) is 15.7 Å². The molecule has 3 nitrogen and oxygen atoms in total. The molecule has 0 saturated carbocycles. The number of anilines is 2. The van der Waals surface area contributed by atoms with Crippen LogP contribution < -0.4 is 11.1 Å². The zero-order valence-corrected chi connectivity index (χ0v) is 11.8. The fourth-order valence-corrected chi connectivity index (χ4v) is 2.30. The molecule has 0 aromatic heterocycles. The van der Waals surface area contributed by atoms with Crippen LogP contribution in [0.3, 0.4) is 0 Å². The van der Waals surface area contributed by atoms with Gasteiger partial charge in [-0.15, -0.1) is 0 Å². The Morgan fingerprint density at radius 2 is 2.00 bits per heavy atom. The number of aryl methyl sites for hydroxylation is 1. The van der Waals surface area contributed by atoms with Gasteiger partial charge in [0.25, 0.3) is 5.91 Å². The number of nitrogen functional groups attached to an aromatic ring is 1. The van der Waals surface area contributed by atoms with E-state index in [4.69, 9.17) is 5.73 Å². The highest BCUT2D eigenvalue weighted by Gasteiger charge is 2.12. The van der Waals surface area contributed by atoms with E-state index < -0.39 is 5.82 Å². The number of benzene rings is 2. The number of hydrogen-bond acceptors (Lipinski definition) is 2. The van der Waals surface area contributed by atoms with E-state index in [1.54, 1.807) is 6.07 Å². The Morgan fingerprint density at radius 3 is 2.68 bits per heavy atom. The molecular formula is C14H12BrFN2O. The maximum absolute atomic E-state index is 13.1. The number of carbonyl (C=O) groups is 1. The van der Waals surface area contributed by atoms with Crippen molar-refractivity contribution in [2.75, 3.05) is 11.1 Å². The molecule has 0 aliphatic heterocycles. The molecule has 98 valence electrons. The Morgan fingerprint density at radius 1 is 1.26 bits per heavy atom. The fourth-order valence-electron chi connectivity index (χ4n) is 1.63. The van der Waals surface area contributed by atoms with Gasteiger partial charge in [-0.2, -0.15) is 0 Å². The van der Waals surface area contributed by atoms with Gasteiger partial charge >= 0.3 is 0 Å². The van der Waals surface area contributed by atoms with Crippen molar-refractivity contribution in [3.63, 3.8) is 0 Å². The summed E-state index contributed by atoms with van der Waals surface area (Å²) in [5.41, 5.74) is 7.77. The summed E-state index contributed by atoms with van der Waals surface area (Å²) in [6.45, 7) is 1.93. The zero-order valence-electron chi connectivity index (χ0n) is 10.2. The summed E-state index contributed by atoms with van der Waals surface area (Å²) in [7, 11) is 0. The van der Waals surface area contributed by atoms with Gasteiger partial charge in [-0.25, -0.2) is 4.39 Å². The molecule has 5 heteroatoms. The third-order valence-electron chi connectivity index (χ3n) is 2.63. The molecule has 2 aromatic rings. The first-order valence-corrected chi connectivity index (χ1v) is 6.39. The van der Waals surface area contributed by atoms with Crippen LogP contribution in [0.4, 0.5) is 15.8 Å². The molecule has 0 aliphatic rings. The molecule has 0 unspecified atom stereocenters. The number of rotatable bonds is 2. The van der Waals surface area contributed by atoms with Crippen molar-refractivity contribution in [1.82, 2.24) is 0 Å². The Labute approximate surface area is 118 Å². The summed E-state index contributed by atoms with van der Waals surface area (Å²) in [5, 5.41) is 2.59. The first kappa shape index (κ1) is 13.5. The van der Waals surface area contributed by atoms with Crippen LogP contribution in [0.5, 0.6) is 0 Å². The third-order valence-corrected chi connectivity index (χ3v) is 3.29. The molecule has 0 heterocycles. The molecule has 3 N–H and O–H groups in total. The van der Waals surface area contributed by atoms with Crippen LogP contribution in [0.2, 0.25) is 0 Å². The van der Waals surface area contributed by atoms with Crippen LogP contribution in [-0.2, 0) is 0 Å². The van der Waals surface area contributed by atoms with Crippen LogP contribution in [0.1, 0.15) is 15.9 Å². The second-order valence-electron chi connectivity index (χ2n) is 4.17. The highest BCUT2D eigenvalue weighted by atomic mass is 79.9. The molecule has 0 fully saturated rings. The SMILES string of the molecule is Cc1ccc(C(=O)Nc2cc(F)ccc2N)c(Br)c1. The molecule has 0 atom stereocenters. The maximum atomic E-state index is 13.1. The van der Waals surface area contributed by atoms with E-state index >= 15 is 0 Å². The summed E-state index contributed by atoms with van der Waals surface area (Å²) in [4.78, 5) is 12.1. The van der Waals surface area contributed by atoms with Crippen molar-refractivity contribution < 1.29 is 9.18 Å². The number of amides is 1. The number of nitrogens with two attached hydrogens (primary N) is 1. The van der Waals surface area contributed by atoms with E-state index in [9.17, 15) is 9.18 Å². The molecule has 0 radical (unpaired) electrons. The van der Waals surface area contributed by atoms with Gasteiger partial charge in [0.1, 0.15) is 5.82 Å². The average Bonchev–Trinajstić information content (AvgIpc) is 2.33. The van der Waals surface area contributed by atoms with Crippen molar-refractivity contribution >= 4 is 33.2 Å². The lowest BCUT2D eigenvalue weighted by Crippen LogP contribution is -2.14. The van der Waals surface area contributed by atoms with Gasteiger partial charge in [-0.05, 0) is 58.7 Å². The van der Waals surface area contributed by atoms with Gasteiger partial charge in [0.05, 0.1) is 16.9 Å². The molecule has 0 spiro atoms. The smallest absolute Gasteiger partial charge is 0.256 e. The molecular weight excluding hydrogens is 311 g/mol. The van der Waals surface area contributed by atoms with E-state index in [2.05, 4.69) is 21.2 Å². The van der Waals surface area contributed by atoms with Crippen molar-refractivity contribution in [2.45, 2.75) is 6.92 Å². The number of nitrogens with one attached hydrogen (secondary N) is 1. The lowest BCUT2D eigenvalue weighted by molar-refractivity contribution is 0.102. The second-order valence-corrected chi connectivity index (χ2v) is 5.02. The van der Waals surface area contributed by atoms with E-state index in [-0.39, 0.29) is 11.6 Å². The van der Waals surface area contributed by atoms with Crippen LogP contribution >= 0.6 is 15.9 Å². The summed E-state index contributed by atoms with van der Waals surface area (Å²) in [5.74, 6) is -0.795. The minimum atomic E-state index is -0.451. The van der Waals surface area contributed by atoms with Gasteiger partial charge in [-0.3, -0.25) is 4.79 Å². The second kappa shape index (κ2) is 5.40. The third kappa shape index (κ3) is 3.12. The van der Waals surface area contributed by atoms with Crippen LogP contribution in [0.15, 0.2) is 40.9 Å². The minimum Gasteiger partial charge on any atom is -0.397 e. The van der Waals surface area contributed by atoms with Gasteiger partial charge in [-0.1, -0.05) is 6.07 Å². The summed E-state index contributed by atoms with van der Waals surface area (Å²) < 4.78 is 13.8. The molecule has 2 rings (SSSR count). The Kier molecular flexibility index (Phi) is 3.85. The summed E-state index contributed by atoms with van der Waals surface area (Å²) >= 11 is 3.33. The molecule has 0 bridgehead atoms. The first-order valence-electron chi connectivity index (χ1n) is 5.60. The van der Waals surface area contributed by atoms with Crippen molar-refractivity contribution in [3.05, 3.63) is 57.8 Å². The van der Waals surface area contributed by atoms with Gasteiger partial charge in [0, 0.05) is 4.47 Å². The van der Waals surface area contributed by atoms with Crippen LogP contribution in [0.25, 0.3) is 0 Å². The van der Waals surface area contributed by atoms with Crippen LogP contribution in [0, 0.1) is 12.7 Å². The largest absolute Gasteiger partial charge is 0.397 e. The normalized spacial score (nSPS) is 10.3. The average molecular weight is 323 g/mol. The lowest BCUT2D eigenvalue weighted by atomic mass is 10.1. The quantitative estimate of drug-likeness (QED) is 0.828. The van der Waals surface area contributed by atoms with Crippen molar-refractivity contribution in [2.24, 2.45) is 0 Å². The Bertz CT molecular complexity index is 643. The first-order chi connectivity index (χ1) is 8.97. The number of halogens is 2. The number of hydrogen-bond donors (Lipinski definition) is 2. The molecule has 0 aliphatic carbocycles. The van der Waals surface area contributed by atoms with Gasteiger partial charge < -0.3 is 11.1 Å². The summed E-state index contributed by atoms with van der Waals surface area (Å²) in [6, 6.07) is 9.21. The molecule has 0 saturated heterocycles. The van der Waals surface area contributed by atoms with Crippen LogP contribution in [-0.4, -0.2) is 5.91 Å². The standard InChI is InChI=1S/C14H12BrFN2O/c1-8-2-4-10(11(15)6-8)14(19)18-13-7-9(16)3-5-12(13)17/h2-7H,17H2,1H3,(H,18,19). The molecule has 1 amide bonds. The molecule has 19 heavy (non-hydrogen) atoms. The Hall–Kier alpha value is -1.88. The topological polar surface area (TPSA) is 55.1 Å². The van der Waals surface area contributed by atoms with Gasteiger partial charge in [0.15, 0.2) is 0 Å². The minimum absolute atomic E-state index is 0.262.